The maximum absolute atomic E-state index is 11.1. The van der Waals surface area contributed by atoms with E-state index in [4.69, 9.17) is 9.84 Å². The van der Waals surface area contributed by atoms with Crippen molar-refractivity contribution in [1.82, 2.24) is 0 Å². The van der Waals surface area contributed by atoms with Crippen LogP contribution < -0.4 is 0 Å². The number of carbonyl (C=O) groups is 1. The number of nitrogens with zero attached hydrogens (tertiary/aromatic N) is 2. The van der Waals surface area contributed by atoms with Gasteiger partial charge in [0, 0.05) is 18.7 Å². The van der Waals surface area contributed by atoms with Gasteiger partial charge in [-0.2, -0.15) is 10.2 Å². The van der Waals surface area contributed by atoms with Crippen LogP contribution in [0.25, 0.3) is 0 Å². The first kappa shape index (κ1) is 13.4. The van der Waals surface area contributed by atoms with Crippen molar-refractivity contribution in [2.45, 2.75) is 26.4 Å². The number of hydrogen-bond donors (Lipinski definition) is 1. The summed E-state index contributed by atoms with van der Waals surface area (Å²) in [6.07, 6.45) is -0.171. The number of benzene rings is 1. The van der Waals surface area contributed by atoms with Crippen LogP contribution in [-0.4, -0.2) is 29.1 Å². The van der Waals surface area contributed by atoms with Crippen LogP contribution in [0.5, 0.6) is 0 Å². The van der Waals surface area contributed by atoms with Gasteiger partial charge < -0.3 is 9.84 Å². The highest BCUT2D eigenvalue weighted by molar-refractivity contribution is 6.14. The second-order valence-corrected chi connectivity index (χ2v) is 4.35. The van der Waals surface area contributed by atoms with Gasteiger partial charge in [0.05, 0.1) is 5.71 Å². The lowest BCUT2D eigenvalue weighted by molar-refractivity contribution is -0.150. The van der Waals surface area contributed by atoms with E-state index in [1.807, 2.05) is 19.1 Å². The zero-order valence-corrected chi connectivity index (χ0v) is 11.0. The van der Waals surface area contributed by atoms with Crippen LogP contribution in [-0.2, 0) is 9.53 Å². The first-order valence-electron chi connectivity index (χ1n) is 6.16. The Bertz CT molecular complexity index is 532. The van der Waals surface area contributed by atoms with E-state index in [0.29, 0.717) is 12.2 Å². The van der Waals surface area contributed by atoms with Gasteiger partial charge in [0.25, 0.3) is 0 Å². The Morgan fingerprint density at radius 3 is 2.53 bits per heavy atom. The fraction of sp³-hybridized carbons (Fsp3) is 0.357. The van der Waals surface area contributed by atoms with Crippen molar-refractivity contribution >= 4 is 17.4 Å². The van der Waals surface area contributed by atoms with Gasteiger partial charge in [0.2, 0.25) is 0 Å². The van der Waals surface area contributed by atoms with Crippen molar-refractivity contribution in [2.75, 3.05) is 6.61 Å². The molecule has 5 heteroatoms. The molecule has 1 atom stereocenters. The average Bonchev–Trinajstić information content (AvgIpc) is 2.82. The topological polar surface area (TPSA) is 71.2 Å². The summed E-state index contributed by atoms with van der Waals surface area (Å²) in [5, 5.41) is 17.2. The fourth-order valence-corrected chi connectivity index (χ4v) is 1.95. The maximum atomic E-state index is 11.1. The Morgan fingerprint density at radius 2 is 2.05 bits per heavy atom. The summed E-state index contributed by atoms with van der Waals surface area (Å²) in [6, 6.07) is 7.24. The molecule has 0 spiro atoms. The normalized spacial score (nSPS) is 15.9. The molecule has 1 N–H and O–H groups in total. The molecule has 0 saturated heterocycles. The first-order chi connectivity index (χ1) is 9.11. The SMILES string of the molecule is CCOC(C(=O)O)c1ccc(C2=NN=C(C)C2)cc1. The largest absolute Gasteiger partial charge is 0.479 e. The molecule has 2 rings (SSSR count). The van der Waals surface area contributed by atoms with Crippen molar-refractivity contribution < 1.29 is 14.6 Å². The number of rotatable bonds is 5. The van der Waals surface area contributed by atoms with Gasteiger partial charge >= 0.3 is 5.97 Å². The molecule has 1 aliphatic rings. The van der Waals surface area contributed by atoms with Crippen LogP contribution in [0, 0.1) is 0 Å². The third kappa shape index (κ3) is 3.06. The molecule has 0 bridgehead atoms. The molecule has 1 aliphatic heterocycles. The van der Waals surface area contributed by atoms with Gasteiger partial charge in [0.1, 0.15) is 0 Å². The van der Waals surface area contributed by atoms with Gasteiger partial charge in [-0.25, -0.2) is 4.79 Å². The lowest BCUT2D eigenvalue weighted by Gasteiger charge is -2.13. The standard InChI is InChI=1S/C14H16N2O3/c1-3-19-13(14(17)18)11-6-4-10(5-7-11)12-8-9(2)15-16-12/h4-7,13H,3,8H2,1-2H3,(H,17,18). The molecule has 0 saturated carbocycles. The molecule has 1 unspecified atom stereocenters. The third-order valence-electron chi connectivity index (χ3n) is 2.87. The molecule has 0 aromatic heterocycles. The van der Waals surface area contributed by atoms with E-state index in [1.54, 1.807) is 19.1 Å². The van der Waals surface area contributed by atoms with Gasteiger partial charge in [-0.05, 0) is 25.0 Å². The van der Waals surface area contributed by atoms with Crippen molar-refractivity contribution in [1.29, 1.82) is 0 Å². The number of hydrogen-bond acceptors (Lipinski definition) is 4. The van der Waals surface area contributed by atoms with Gasteiger partial charge in [-0.15, -0.1) is 0 Å². The van der Waals surface area contributed by atoms with Crippen molar-refractivity contribution in [3.8, 4) is 0 Å². The van der Waals surface area contributed by atoms with Gasteiger partial charge in [0.15, 0.2) is 6.10 Å². The van der Waals surface area contributed by atoms with E-state index in [1.165, 1.54) is 0 Å². The van der Waals surface area contributed by atoms with Crippen LogP contribution in [0.3, 0.4) is 0 Å². The number of ether oxygens (including phenoxy) is 1. The Morgan fingerprint density at radius 1 is 1.37 bits per heavy atom. The molecule has 0 fully saturated rings. The molecular formula is C14H16N2O3. The predicted molar refractivity (Wildman–Crippen MR) is 72.7 cm³/mol. The minimum absolute atomic E-state index is 0.360. The van der Waals surface area contributed by atoms with Gasteiger partial charge in [-0.1, -0.05) is 24.3 Å². The van der Waals surface area contributed by atoms with E-state index >= 15 is 0 Å². The summed E-state index contributed by atoms with van der Waals surface area (Å²) in [5.41, 5.74) is 3.49. The van der Waals surface area contributed by atoms with Crippen molar-refractivity contribution in [3.63, 3.8) is 0 Å². The Kier molecular flexibility index (Phi) is 4.06. The molecule has 0 radical (unpaired) electrons. The lowest BCUT2D eigenvalue weighted by Crippen LogP contribution is -2.15. The summed E-state index contributed by atoms with van der Waals surface area (Å²) in [5.74, 6) is -0.980. The summed E-state index contributed by atoms with van der Waals surface area (Å²) < 4.78 is 5.22. The van der Waals surface area contributed by atoms with Crippen LogP contribution in [0.15, 0.2) is 34.5 Å². The molecule has 1 aromatic rings. The highest BCUT2D eigenvalue weighted by Gasteiger charge is 2.20. The van der Waals surface area contributed by atoms with Crippen LogP contribution in [0.1, 0.15) is 37.5 Å². The van der Waals surface area contributed by atoms with Crippen LogP contribution in [0.4, 0.5) is 0 Å². The zero-order chi connectivity index (χ0) is 13.8. The third-order valence-corrected chi connectivity index (χ3v) is 2.87. The van der Waals surface area contributed by atoms with E-state index in [0.717, 1.165) is 23.4 Å². The fourth-order valence-electron chi connectivity index (χ4n) is 1.95. The van der Waals surface area contributed by atoms with Crippen LogP contribution in [0.2, 0.25) is 0 Å². The number of aliphatic carboxylic acids is 1. The quantitative estimate of drug-likeness (QED) is 0.883. The van der Waals surface area contributed by atoms with E-state index in [-0.39, 0.29) is 0 Å². The smallest absolute Gasteiger partial charge is 0.337 e. The Labute approximate surface area is 111 Å². The number of carboxylic acids is 1. The second kappa shape index (κ2) is 5.75. The molecule has 19 heavy (non-hydrogen) atoms. The highest BCUT2D eigenvalue weighted by atomic mass is 16.5. The maximum Gasteiger partial charge on any atom is 0.337 e. The summed E-state index contributed by atoms with van der Waals surface area (Å²) in [6.45, 7) is 4.07. The van der Waals surface area contributed by atoms with E-state index in [2.05, 4.69) is 10.2 Å². The Hall–Kier alpha value is -2.01. The minimum Gasteiger partial charge on any atom is -0.479 e. The minimum atomic E-state index is -0.980. The molecule has 100 valence electrons. The van der Waals surface area contributed by atoms with E-state index < -0.39 is 12.1 Å². The monoisotopic (exact) mass is 260 g/mol. The van der Waals surface area contributed by atoms with Crippen LogP contribution >= 0.6 is 0 Å². The molecule has 5 nitrogen and oxygen atoms in total. The molecule has 1 aromatic carbocycles. The predicted octanol–water partition coefficient (Wildman–Crippen LogP) is 2.42. The van der Waals surface area contributed by atoms with E-state index in [9.17, 15) is 4.79 Å². The molecule has 1 heterocycles. The molecule has 0 amide bonds. The zero-order valence-electron chi connectivity index (χ0n) is 11.0. The Balaban J connectivity index is 2.16. The number of carboxylic acid groups (broad SMARTS) is 1. The average molecular weight is 260 g/mol. The summed E-state index contributed by atoms with van der Waals surface area (Å²) >= 11 is 0. The first-order valence-corrected chi connectivity index (χ1v) is 6.16. The summed E-state index contributed by atoms with van der Waals surface area (Å²) in [7, 11) is 0. The summed E-state index contributed by atoms with van der Waals surface area (Å²) in [4.78, 5) is 11.1. The molecular weight excluding hydrogens is 244 g/mol. The molecule has 0 aliphatic carbocycles. The van der Waals surface area contributed by atoms with Crippen molar-refractivity contribution in [3.05, 3.63) is 35.4 Å². The lowest BCUT2D eigenvalue weighted by atomic mass is 10.0. The second-order valence-electron chi connectivity index (χ2n) is 4.35. The van der Waals surface area contributed by atoms with Gasteiger partial charge in [-0.3, -0.25) is 0 Å². The highest BCUT2D eigenvalue weighted by Crippen LogP contribution is 2.20. The van der Waals surface area contributed by atoms with Crippen molar-refractivity contribution in [2.24, 2.45) is 10.2 Å².